The second-order valence-corrected chi connectivity index (χ2v) is 2.87. The van der Waals surface area contributed by atoms with E-state index in [0.717, 1.165) is 0 Å². The molecular weight excluding hydrogens is 199 g/mol. The Labute approximate surface area is 80.4 Å². The van der Waals surface area contributed by atoms with Crippen molar-refractivity contribution in [3.05, 3.63) is 22.2 Å². The highest BCUT2D eigenvalue weighted by molar-refractivity contribution is 6.38. The van der Waals surface area contributed by atoms with Crippen LogP contribution >= 0.6 is 23.2 Å². The van der Waals surface area contributed by atoms with Crippen LogP contribution < -0.4 is 16.0 Å². The largest absolute Gasteiger partial charge is 0.494 e. The Kier molecular flexibility index (Phi) is 3.03. The van der Waals surface area contributed by atoms with Gasteiger partial charge in [0.25, 0.3) is 0 Å². The van der Waals surface area contributed by atoms with E-state index >= 15 is 0 Å². The second-order valence-electron chi connectivity index (χ2n) is 2.09. The van der Waals surface area contributed by atoms with E-state index in [9.17, 15) is 0 Å². The van der Waals surface area contributed by atoms with Crippen LogP contribution in [0.15, 0.2) is 12.1 Å². The van der Waals surface area contributed by atoms with E-state index in [2.05, 4.69) is 5.43 Å². The smallest absolute Gasteiger partial charge is 0.158 e. The quantitative estimate of drug-likeness (QED) is 0.577. The lowest BCUT2D eigenvalue weighted by Gasteiger charge is -2.08. The first-order valence-corrected chi connectivity index (χ1v) is 3.95. The molecule has 0 spiro atoms. The van der Waals surface area contributed by atoms with Crippen molar-refractivity contribution in [2.45, 2.75) is 0 Å². The van der Waals surface area contributed by atoms with Gasteiger partial charge in [-0.1, -0.05) is 23.2 Å². The fourth-order valence-corrected chi connectivity index (χ4v) is 1.41. The molecular formula is C7H8Cl2N2O. The molecule has 0 aliphatic heterocycles. The summed E-state index contributed by atoms with van der Waals surface area (Å²) in [5.74, 6) is 5.62. The number of ether oxygens (including phenoxy) is 1. The minimum atomic E-state index is 0.382. The summed E-state index contributed by atoms with van der Waals surface area (Å²) in [7, 11) is 1.49. The van der Waals surface area contributed by atoms with Gasteiger partial charge in [-0.15, -0.1) is 0 Å². The van der Waals surface area contributed by atoms with Crippen molar-refractivity contribution >= 4 is 28.9 Å². The normalized spacial score (nSPS) is 9.67. The Morgan fingerprint density at radius 1 is 1.42 bits per heavy atom. The standard InChI is InChI=1S/C7H8Cl2N2O/c1-12-7-4(8)2-3-5(11-10)6(7)9/h2-3,11H,10H2,1H3. The van der Waals surface area contributed by atoms with Gasteiger partial charge in [-0.2, -0.15) is 0 Å². The Morgan fingerprint density at radius 3 is 2.58 bits per heavy atom. The van der Waals surface area contributed by atoms with Crippen LogP contribution in [0.4, 0.5) is 5.69 Å². The third kappa shape index (κ3) is 1.58. The maximum Gasteiger partial charge on any atom is 0.158 e. The summed E-state index contributed by atoms with van der Waals surface area (Å²) in [6.45, 7) is 0. The van der Waals surface area contributed by atoms with E-state index in [-0.39, 0.29) is 0 Å². The third-order valence-electron chi connectivity index (χ3n) is 1.41. The number of hydrogen-bond acceptors (Lipinski definition) is 3. The SMILES string of the molecule is COc1c(Cl)ccc(NN)c1Cl. The molecule has 0 bridgehead atoms. The molecule has 0 amide bonds. The molecule has 66 valence electrons. The molecule has 0 saturated carbocycles. The highest BCUT2D eigenvalue weighted by atomic mass is 35.5. The average Bonchev–Trinajstić information content (AvgIpc) is 2.06. The second kappa shape index (κ2) is 3.85. The predicted molar refractivity (Wildman–Crippen MR) is 50.8 cm³/mol. The van der Waals surface area contributed by atoms with Crippen molar-refractivity contribution < 1.29 is 4.74 Å². The van der Waals surface area contributed by atoms with E-state index in [0.29, 0.717) is 21.5 Å². The van der Waals surface area contributed by atoms with Crippen LogP contribution in [0.1, 0.15) is 0 Å². The molecule has 12 heavy (non-hydrogen) atoms. The van der Waals surface area contributed by atoms with Gasteiger partial charge in [0, 0.05) is 0 Å². The van der Waals surface area contributed by atoms with Crippen LogP contribution in [0.3, 0.4) is 0 Å². The number of rotatable bonds is 2. The molecule has 0 unspecified atom stereocenters. The van der Waals surface area contributed by atoms with Crippen molar-refractivity contribution in [1.29, 1.82) is 0 Å². The van der Waals surface area contributed by atoms with Crippen LogP contribution in [0, 0.1) is 0 Å². The zero-order chi connectivity index (χ0) is 9.14. The molecule has 0 atom stereocenters. The van der Waals surface area contributed by atoms with Gasteiger partial charge in [0.15, 0.2) is 5.75 Å². The first kappa shape index (κ1) is 9.45. The summed E-state index contributed by atoms with van der Waals surface area (Å²) in [5.41, 5.74) is 3.01. The van der Waals surface area contributed by atoms with Gasteiger partial charge in [0.05, 0.1) is 17.8 Å². The fraction of sp³-hybridized carbons (Fsp3) is 0.143. The zero-order valence-electron chi connectivity index (χ0n) is 6.40. The number of methoxy groups -OCH3 is 1. The van der Waals surface area contributed by atoms with Gasteiger partial charge < -0.3 is 10.2 Å². The summed E-state index contributed by atoms with van der Waals surface area (Å²) in [4.78, 5) is 0. The van der Waals surface area contributed by atoms with E-state index in [1.807, 2.05) is 0 Å². The maximum absolute atomic E-state index is 5.86. The number of halogens is 2. The molecule has 0 aliphatic rings. The average molecular weight is 207 g/mol. The molecule has 3 N–H and O–H groups in total. The van der Waals surface area contributed by atoms with Gasteiger partial charge in [0.2, 0.25) is 0 Å². The lowest BCUT2D eigenvalue weighted by molar-refractivity contribution is 0.415. The Morgan fingerprint density at radius 2 is 2.08 bits per heavy atom. The van der Waals surface area contributed by atoms with Crippen LogP contribution in [-0.4, -0.2) is 7.11 Å². The summed E-state index contributed by atoms with van der Waals surface area (Å²) in [6, 6.07) is 3.33. The molecule has 1 rings (SSSR count). The first-order valence-electron chi connectivity index (χ1n) is 3.19. The van der Waals surface area contributed by atoms with Gasteiger partial charge >= 0.3 is 0 Å². The van der Waals surface area contributed by atoms with Crippen LogP contribution in [-0.2, 0) is 0 Å². The number of hydrogen-bond donors (Lipinski definition) is 2. The number of nitrogen functional groups attached to an aromatic ring is 1. The van der Waals surface area contributed by atoms with Crippen LogP contribution in [0.2, 0.25) is 10.0 Å². The predicted octanol–water partition coefficient (Wildman–Crippen LogP) is 2.29. The van der Waals surface area contributed by atoms with E-state index in [1.165, 1.54) is 7.11 Å². The maximum atomic E-state index is 5.86. The van der Waals surface area contributed by atoms with Crippen molar-refractivity contribution in [2.24, 2.45) is 5.84 Å². The molecule has 0 aliphatic carbocycles. The molecule has 0 saturated heterocycles. The highest BCUT2D eigenvalue weighted by Gasteiger charge is 2.09. The zero-order valence-corrected chi connectivity index (χ0v) is 7.91. The number of nitrogens with one attached hydrogen (secondary N) is 1. The molecule has 0 heterocycles. The van der Waals surface area contributed by atoms with Gasteiger partial charge in [-0.3, -0.25) is 5.84 Å². The number of hydrazine groups is 1. The Hall–Kier alpha value is -0.640. The van der Waals surface area contributed by atoms with Crippen LogP contribution in [0.25, 0.3) is 0 Å². The first-order chi connectivity index (χ1) is 5.70. The highest BCUT2D eigenvalue weighted by Crippen LogP contribution is 2.37. The van der Waals surface area contributed by atoms with E-state index < -0.39 is 0 Å². The van der Waals surface area contributed by atoms with Crippen molar-refractivity contribution in [2.75, 3.05) is 12.5 Å². The van der Waals surface area contributed by atoms with Crippen LogP contribution in [0.5, 0.6) is 5.75 Å². The van der Waals surface area contributed by atoms with Crippen molar-refractivity contribution in [3.8, 4) is 5.75 Å². The summed E-state index contributed by atoms with van der Waals surface area (Å²) >= 11 is 11.6. The van der Waals surface area contributed by atoms with Gasteiger partial charge in [-0.05, 0) is 12.1 Å². The minimum absolute atomic E-state index is 0.382. The Bertz CT molecular complexity index is 291. The lowest BCUT2D eigenvalue weighted by atomic mass is 10.3. The minimum Gasteiger partial charge on any atom is -0.494 e. The number of benzene rings is 1. The van der Waals surface area contributed by atoms with Crippen molar-refractivity contribution in [1.82, 2.24) is 0 Å². The third-order valence-corrected chi connectivity index (χ3v) is 2.08. The van der Waals surface area contributed by atoms with Gasteiger partial charge in [-0.25, -0.2) is 0 Å². The molecule has 5 heteroatoms. The molecule has 0 aromatic heterocycles. The molecule has 0 fully saturated rings. The topological polar surface area (TPSA) is 47.3 Å². The number of nitrogens with two attached hydrogens (primary N) is 1. The molecule has 3 nitrogen and oxygen atoms in total. The Balaban J connectivity index is 3.24. The van der Waals surface area contributed by atoms with Crippen molar-refractivity contribution in [3.63, 3.8) is 0 Å². The number of anilines is 1. The summed E-state index contributed by atoms with van der Waals surface area (Å²) in [6.07, 6.45) is 0. The molecule has 1 aromatic rings. The monoisotopic (exact) mass is 206 g/mol. The fourth-order valence-electron chi connectivity index (χ4n) is 0.831. The summed E-state index contributed by atoms with van der Waals surface area (Å²) < 4.78 is 4.96. The molecule has 0 radical (unpaired) electrons. The van der Waals surface area contributed by atoms with Gasteiger partial charge in [0.1, 0.15) is 5.02 Å². The lowest BCUT2D eigenvalue weighted by Crippen LogP contribution is -2.07. The van der Waals surface area contributed by atoms with E-state index in [1.54, 1.807) is 12.1 Å². The summed E-state index contributed by atoms with van der Waals surface area (Å²) in [5, 5.41) is 0.842. The molecule has 1 aromatic carbocycles. The van der Waals surface area contributed by atoms with E-state index in [4.69, 9.17) is 33.8 Å².